The summed E-state index contributed by atoms with van der Waals surface area (Å²) in [7, 11) is 1.78. The van der Waals surface area contributed by atoms with Crippen molar-refractivity contribution in [2.24, 2.45) is 0 Å². The lowest BCUT2D eigenvalue weighted by Crippen LogP contribution is -2.63. The van der Waals surface area contributed by atoms with Crippen molar-refractivity contribution < 1.29 is 14.3 Å². The molecular weight excluding hydrogens is 256 g/mol. The van der Waals surface area contributed by atoms with Crippen LogP contribution in [-0.4, -0.2) is 53.1 Å². The zero-order valence-corrected chi connectivity index (χ0v) is 12.6. The van der Waals surface area contributed by atoms with Crippen LogP contribution in [0, 0.1) is 6.92 Å². The molecule has 2 heterocycles. The molecule has 5 heteroatoms. The molecule has 0 saturated carbocycles. The Morgan fingerprint density at radius 1 is 1.50 bits per heavy atom. The molecule has 1 fully saturated rings. The number of aryl methyl sites for hydroxylation is 1. The summed E-state index contributed by atoms with van der Waals surface area (Å²) in [6, 6.07) is 3.79. The molecule has 1 N–H and O–H groups in total. The Hall–Kier alpha value is -1.33. The van der Waals surface area contributed by atoms with Crippen molar-refractivity contribution in [2.75, 3.05) is 26.7 Å². The van der Waals surface area contributed by atoms with Gasteiger partial charge in [0, 0.05) is 20.1 Å². The van der Waals surface area contributed by atoms with E-state index in [-0.39, 0.29) is 5.91 Å². The van der Waals surface area contributed by atoms with E-state index < -0.39 is 5.60 Å². The minimum Gasteiger partial charge on any atom is -0.464 e. The Labute approximate surface area is 120 Å². The van der Waals surface area contributed by atoms with E-state index in [0.717, 1.165) is 24.4 Å². The standard InChI is InChI=1S/C15H24N2O3/c1-4-7-15(19)10-17(11-15)9-14(18)16(3)8-13-6-5-12(2)20-13/h5-6,19H,4,7-11H2,1-3H3. The third kappa shape index (κ3) is 3.61. The molecule has 1 amide bonds. The van der Waals surface area contributed by atoms with Crippen LogP contribution < -0.4 is 0 Å². The van der Waals surface area contributed by atoms with E-state index in [1.807, 2.05) is 24.0 Å². The molecule has 1 aliphatic rings. The van der Waals surface area contributed by atoms with Crippen LogP contribution in [0.2, 0.25) is 0 Å². The average molecular weight is 280 g/mol. The van der Waals surface area contributed by atoms with Gasteiger partial charge in [-0.2, -0.15) is 0 Å². The smallest absolute Gasteiger partial charge is 0.236 e. The zero-order chi connectivity index (χ0) is 14.8. The lowest BCUT2D eigenvalue weighted by Gasteiger charge is -2.46. The summed E-state index contributed by atoms with van der Waals surface area (Å²) in [6.07, 6.45) is 1.77. The molecule has 0 aromatic carbocycles. The Balaban J connectivity index is 1.75. The number of β-amino-alcohol motifs (C(OH)–C–C–N with tert-alkyl or cyclic N) is 1. The first kappa shape index (κ1) is 15.1. The minimum atomic E-state index is -0.578. The molecule has 1 saturated heterocycles. The summed E-state index contributed by atoms with van der Waals surface area (Å²) in [6.45, 7) is 5.99. The first-order valence-electron chi connectivity index (χ1n) is 7.16. The lowest BCUT2D eigenvalue weighted by molar-refractivity contribution is -0.142. The number of hydrogen-bond acceptors (Lipinski definition) is 4. The molecule has 0 radical (unpaired) electrons. The third-order valence-electron chi connectivity index (χ3n) is 3.72. The Morgan fingerprint density at radius 2 is 2.20 bits per heavy atom. The summed E-state index contributed by atoms with van der Waals surface area (Å²) in [5, 5.41) is 10.1. The van der Waals surface area contributed by atoms with Crippen LogP contribution in [-0.2, 0) is 11.3 Å². The predicted molar refractivity (Wildman–Crippen MR) is 76.2 cm³/mol. The van der Waals surface area contributed by atoms with Gasteiger partial charge in [0.05, 0.1) is 18.7 Å². The fraction of sp³-hybridized carbons (Fsp3) is 0.667. The van der Waals surface area contributed by atoms with Gasteiger partial charge in [-0.3, -0.25) is 9.69 Å². The van der Waals surface area contributed by atoms with Crippen molar-refractivity contribution in [2.45, 2.75) is 38.8 Å². The highest BCUT2D eigenvalue weighted by molar-refractivity contribution is 5.78. The predicted octanol–water partition coefficient (Wildman–Crippen LogP) is 1.39. The number of likely N-dealkylation sites (tertiary alicyclic amines) is 1. The molecule has 0 unspecified atom stereocenters. The van der Waals surface area contributed by atoms with Crippen molar-refractivity contribution >= 4 is 5.91 Å². The van der Waals surface area contributed by atoms with Crippen molar-refractivity contribution in [1.82, 2.24) is 9.80 Å². The molecule has 0 bridgehead atoms. The number of hydrogen-bond donors (Lipinski definition) is 1. The average Bonchev–Trinajstić information content (AvgIpc) is 2.73. The molecule has 1 aromatic heterocycles. The van der Waals surface area contributed by atoms with Gasteiger partial charge in [0.1, 0.15) is 11.5 Å². The van der Waals surface area contributed by atoms with Crippen molar-refractivity contribution in [3.63, 3.8) is 0 Å². The number of aliphatic hydroxyl groups is 1. The van der Waals surface area contributed by atoms with Crippen molar-refractivity contribution in [1.29, 1.82) is 0 Å². The number of likely N-dealkylation sites (N-methyl/N-ethyl adjacent to an activating group) is 1. The highest BCUT2D eigenvalue weighted by Crippen LogP contribution is 2.25. The Kier molecular flexibility index (Phi) is 4.50. The normalized spacial score (nSPS) is 17.8. The molecular formula is C15H24N2O3. The number of carbonyl (C=O) groups is 1. The number of rotatable bonds is 6. The molecule has 1 aliphatic heterocycles. The van der Waals surface area contributed by atoms with Crippen molar-refractivity contribution in [3.05, 3.63) is 23.7 Å². The highest BCUT2D eigenvalue weighted by Gasteiger charge is 2.40. The first-order valence-corrected chi connectivity index (χ1v) is 7.16. The quantitative estimate of drug-likeness (QED) is 0.855. The topological polar surface area (TPSA) is 56.9 Å². The van der Waals surface area contributed by atoms with Gasteiger partial charge in [0.25, 0.3) is 0 Å². The molecule has 5 nitrogen and oxygen atoms in total. The summed E-state index contributed by atoms with van der Waals surface area (Å²) < 4.78 is 5.47. The Bertz CT molecular complexity index is 463. The fourth-order valence-corrected chi connectivity index (χ4v) is 2.73. The molecule has 0 aliphatic carbocycles. The first-order chi connectivity index (χ1) is 9.42. The number of furan rings is 1. The highest BCUT2D eigenvalue weighted by atomic mass is 16.3. The SMILES string of the molecule is CCCC1(O)CN(CC(=O)N(C)Cc2ccc(C)o2)C1. The summed E-state index contributed by atoms with van der Waals surface area (Å²) in [4.78, 5) is 15.7. The van der Waals surface area contributed by atoms with Crippen molar-refractivity contribution in [3.8, 4) is 0 Å². The summed E-state index contributed by atoms with van der Waals surface area (Å²) in [5.74, 6) is 1.70. The maximum atomic E-state index is 12.1. The lowest BCUT2D eigenvalue weighted by atomic mass is 9.89. The number of nitrogens with zero attached hydrogens (tertiary/aromatic N) is 2. The van der Waals surface area contributed by atoms with Gasteiger partial charge in [-0.05, 0) is 25.5 Å². The second kappa shape index (κ2) is 5.97. The van der Waals surface area contributed by atoms with E-state index in [4.69, 9.17) is 4.42 Å². The third-order valence-corrected chi connectivity index (χ3v) is 3.72. The van der Waals surface area contributed by atoms with Gasteiger partial charge in [-0.15, -0.1) is 0 Å². The maximum Gasteiger partial charge on any atom is 0.236 e. The molecule has 20 heavy (non-hydrogen) atoms. The van der Waals surface area contributed by atoms with E-state index >= 15 is 0 Å². The van der Waals surface area contributed by atoms with Gasteiger partial charge < -0.3 is 14.4 Å². The van der Waals surface area contributed by atoms with Gasteiger partial charge in [0.15, 0.2) is 0 Å². The minimum absolute atomic E-state index is 0.0533. The number of amides is 1. The van der Waals surface area contributed by atoms with E-state index in [1.165, 1.54) is 0 Å². The number of carbonyl (C=O) groups excluding carboxylic acids is 1. The largest absolute Gasteiger partial charge is 0.464 e. The second-order valence-corrected chi connectivity index (χ2v) is 5.88. The van der Waals surface area contributed by atoms with E-state index in [9.17, 15) is 9.90 Å². The van der Waals surface area contributed by atoms with Gasteiger partial charge in [-0.25, -0.2) is 0 Å². The van der Waals surface area contributed by atoms with Gasteiger partial charge in [-0.1, -0.05) is 13.3 Å². The van der Waals surface area contributed by atoms with Crippen LogP contribution in [0.1, 0.15) is 31.3 Å². The monoisotopic (exact) mass is 280 g/mol. The molecule has 1 aromatic rings. The van der Waals surface area contributed by atoms with Crippen LogP contribution in [0.3, 0.4) is 0 Å². The van der Waals surface area contributed by atoms with Crippen LogP contribution in [0.15, 0.2) is 16.5 Å². The zero-order valence-electron chi connectivity index (χ0n) is 12.6. The maximum absolute atomic E-state index is 12.1. The molecule has 0 spiro atoms. The molecule has 112 valence electrons. The van der Waals surface area contributed by atoms with Crippen LogP contribution >= 0.6 is 0 Å². The van der Waals surface area contributed by atoms with E-state index in [2.05, 4.69) is 6.92 Å². The molecule has 0 atom stereocenters. The van der Waals surface area contributed by atoms with Gasteiger partial charge in [0.2, 0.25) is 5.91 Å². The van der Waals surface area contributed by atoms with E-state index in [0.29, 0.717) is 26.2 Å². The van der Waals surface area contributed by atoms with Crippen LogP contribution in [0.5, 0.6) is 0 Å². The van der Waals surface area contributed by atoms with Crippen LogP contribution in [0.25, 0.3) is 0 Å². The summed E-state index contributed by atoms with van der Waals surface area (Å²) in [5.41, 5.74) is -0.578. The van der Waals surface area contributed by atoms with Gasteiger partial charge >= 0.3 is 0 Å². The second-order valence-electron chi connectivity index (χ2n) is 5.88. The summed E-state index contributed by atoms with van der Waals surface area (Å²) >= 11 is 0. The Morgan fingerprint density at radius 3 is 2.75 bits per heavy atom. The molecule has 2 rings (SSSR count). The van der Waals surface area contributed by atoms with Crippen LogP contribution in [0.4, 0.5) is 0 Å². The fourth-order valence-electron chi connectivity index (χ4n) is 2.73. The van der Waals surface area contributed by atoms with E-state index in [1.54, 1.807) is 11.9 Å².